The molecule has 0 fully saturated rings. The fourth-order valence-corrected chi connectivity index (χ4v) is 2.46. The first-order chi connectivity index (χ1) is 5.65. The fraction of sp³-hybridized carbons (Fsp3) is 0.429. The Morgan fingerprint density at radius 1 is 1.58 bits per heavy atom. The number of nitrogens with two attached hydrogens (primary N) is 1. The molecule has 1 heterocycles. The molecule has 0 aliphatic carbocycles. The molecule has 0 bridgehead atoms. The summed E-state index contributed by atoms with van der Waals surface area (Å²) < 4.78 is 1.13. The Morgan fingerprint density at radius 2 is 2.25 bits per heavy atom. The quantitative estimate of drug-likeness (QED) is 0.831. The van der Waals surface area contributed by atoms with Gasteiger partial charge in [0, 0.05) is 5.56 Å². The Morgan fingerprint density at radius 3 is 2.67 bits per heavy atom. The largest absolute Gasteiger partial charge is 0.388 e. The van der Waals surface area contributed by atoms with Crippen LogP contribution in [0.2, 0.25) is 8.67 Å². The molecule has 12 heavy (non-hydrogen) atoms. The van der Waals surface area contributed by atoms with E-state index in [1.165, 1.54) is 11.3 Å². The first-order valence-electron chi connectivity index (χ1n) is 3.48. The molecule has 1 rings (SSSR count). The molecule has 0 saturated carbocycles. The second-order valence-electron chi connectivity index (χ2n) is 2.37. The summed E-state index contributed by atoms with van der Waals surface area (Å²) >= 11 is 12.8. The van der Waals surface area contributed by atoms with Crippen molar-refractivity contribution in [1.29, 1.82) is 0 Å². The van der Waals surface area contributed by atoms with E-state index in [0.717, 1.165) is 0 Å². The number of rotatable bonds is 3. The van der Waals surface area contributed by atoms with Crippen LogP contribution in [0.1, 0.15) is 18.1 Å². The Labute approximate surface area is 84.9 Å². The minimum Gasteiger partial charge on any atom is -0.388 e. The molecule has 1 unspecified atom stereocenters. The standard InChI is InChI=1S/C7H9Cl2NOS/c8-6-3-4(7(9)12-6)5(11)1-2-10/h3,5,11H,1-2,10H2. The third kappa shape index (κ3) is 2.34. The molecule has 2 nitrogen and oxygen atoms in total. The number of aliphatic hydroxyl groups is 1. The van der Waals surface area contributed by atoms with E-state index in [4.69, 9.17) is 28.9 Å². The van der Waals surface area contributed by atoms with Gasteiger partial charge < -0.3 is 10.8 Å². The van der Waals surface area contributed by atoms with Crippen LogP contribution < -0.4 is 5.73 Å². The van der Waals surface area contributed by atoms with Gasteiger partial charge in [-0.3, -0.25) is 0 Å². The van der Waals surface area contributed by atoms with Gasteiger partial charge in [-0.2, -0.15) is 0 Å². The second kappa shape index (κ2) is 4.44. The zero-order valence-corrected chi connectivity index (χ0v) is 8.59. The molecule has 0 aliphatic heterocycles. The Balaban J connectivity index is 2.79. The summed E-state index contributed by atoms with van der Waals surface area (Å²) in [6.07, 6.45) is -0.0847. The first kappa shape index (κ1) is 10.3. The maximum absolute atomic E-state index is 9.50. The zero-order chi connectivity index (χ0) is 9.14. The van der Waals surface area contributed by atoms with E-state index in [0.29, 0.717) is 27.2 Å². The molecule has 5 heteroatoms. The van der Waals surface area contributed by atoms with Crippen LogP contribution >= 0.6 is 34.5 Å². The molecule has 68 valence electrons. The van der Waals surface area contributed by atoms with Crippen LogP contribution in [0.3, 0.4) is 0 Å². The molecule has 0 aliphatic rings. The lowest BCUT2D eigenvalue weighted by atomic mass is 10.1. The van der Waals surface area contributed by atoms with Gasteiger partial charge in [-0.25, -0.2) is 0 Å². The topological polar surface area (TPSA) is 46.2 Å². The van der Waals surface area contributed by atoms with Crippen molar-refractivity contribution < 1.29 is 5.11 Å². The lowest BCUT2D eigenvalue weighted by Crippen LogP contribution is -2.06. The smallest absolute Gasteiger partial charge is 0.100 e. The van der Waals surface area contributed by atoms with Gasteiger partial charge in [0.05, 0.1) is 10.4 Å². The van der Waals surface area contributed by atoms with Crippen molar-refractivity contribution in [1.82, 2.24) is 0 Å². The number of thiophene rings is 1. The number of hydrogen-bond acceptors (Lipinski definition) is 3. The maximum Gasteiger partial charge on any atom is 0.100 e. The van der Waals surface area contributed by atoms with Crippen LogP contribution in [0, 0.1) is 0 Å². The Hall–Kier alpha value is 0.200. The van der Waals surface area contributed by atoms with E-state index in [2.05, 4.69) is 0 Å². The lowest BCUT2D eigenvalue weighted by Gasteiger charge is -2.06. The van der Waals surface area contributed by atoms with E-state index in [1.807, 2.05) is 0 Å². The first-order valence-corrected chi connectivity index (χ1v) is 5.05. The van der Waals surface area contributed by atoms with Gasteiger partial charge in [-0.15, -0.1) is 11.3 Å². The van der Waals surface area contributed by atoms with Gasteiger partial charge in [0.1, 0.15) is 4.34 Å². The molecule has 1 aromatic rings. The van der Waals surface area contributed by atoms with Crippen molar-refractivity contribution in [3.63, 3.8) is 0 Å². The highest BCUT2D eigenvalue weighted by Gasteiger charge is 2.13. The van der Waals surface area contributed by atoms with Gasteiger partial charge >= 0.3 is 0 Å². The Kier molecular flexibility index (Phi) is 3.80. The van der Waals surface area contributed by atoms with E-state index in [-0.39, 0.29) is 0 Å². The van der Waals surface area contributed by atoms with Gasteiger partial charge in [0.25, 0.3) is 0 Å². The predicted molar refractivity (Wildman–Crippen MR) is 53.0 cm³/mol. The SMILES string of the molecule is NCCC(O)c1cc(Cl)sc1Cl. The van der Waals surface area contributed by atoms with E-state index >= 15 is 0 Å². The number of aliphatic hydroxyl groups excluding tert-OH is 1. The second-order valence-corrected chi connectivity index (χ2v) is 4.66. The summed E-state index contributed by atoms with van der Waals surface area (Å²) in [7, 11) is 0. The summed E-state index contributed by atoms with van der Waals surface area (Å²) in [6.45, 7) is 0.435. The minimum absolute atomic E-state index is 0.435. The summed E-state index contributed by atoms with van der Waals surface area (Å²) in [4.78, 5) is 0. The molecule has 0 aromatic carbocycles. The van der Waals surface area contributed by atoms with Crippen molar-refractivity contribution in [3.05, 3.63) is 20.3 Å². The minimum atomic E-state index is -0.591. The van der Waals surface area contributed by atoms with Crippen molar-refractivity contribution in [2.75, 3.05) is 6.54 Å². The van der Waals surface area contributed by atoms with Crippen molar-refractivity contribution >= 4 is 34.5 Å². The van der Waals surface area contributed by atoms with Gasteiger partial charge in [-0.05, 0) is 19.0 Å². The van der Waals surface area contributed by atoms with Crippen molar-refractivity contribution in [2.45, 2.75) is 12.5 Å². The van der Waals surface area contributed by atoms with Crippen LogP contribution in [-0.4, -0.2) is 11.7 Å². The average molecular weight is 226 g/mol. The lowest BCUT2D eigenvalue weighted by molar-refractivity contribution is 0.171. The third-order valence-corrected chi connectivity index (χ3v) is 3.00. The monoisotopic (exact) mass is 225 g/mol. The van der Waals surface area contributed by atoms with Gasteiger partial charge in [0.15, 0.2) is 0 Å². The van der Waals surface area contributed by atoms with Crippen LogP contribution in [0.5, 0.6) is 0 Å². The van der Waals surface area contributed by atoms with E-state index < -0.39 is 6.10 Å². The molecule has 0 spiro atoms. The third-order valence-electron chi connectivity index (χ3n) is 1.48. The highest BCUT2D eigenvalue weighted by Crippen LogP contribution is 2.35. The molecule has 0 amide bonds. The molecule has 1 aromatic heterocycles. The molecule has 0 saturated heterocycles. The highest BCUT2D eigenvalue weighted by atomic mass is 35.5. The molecule has 3 N–H and O–H groups in total. The zero-order valence-electron chi connectivity index (χ0n) is 6.26. The molecule has 1 atom stereocenters. The normalized spacial score (nSPS) is 13.3. The Bertz CT molecular complexity index is 264. The van der Waals surface area contributed by atoms with E-state index in [9.17, 15) is 5.11 Å². The average Bonchev–Trinajstić information content (AvgIpc) is 2.30. The van der Waals surface area contributed by atoms with Crippen LogP contribution in [0.4, 0.5) is 0 Å². The van der Waals surface area contributed by atoms with Crippen molar-refractivity contribution in [3.8, 4) is 0 Å². The molecular weight excluding hydrogens is 217 g/mol. The number of hydrogen-bond donors (Lipinski definition) is 2. The van der Waals surface area contributed by atoms with Crippen molar-refractivity contribution in [2.24, 2.45) is 5.73 Å². The van der Waals surface area contributed by atoms with E-state index in [1.54, 1.807) is 6.07 Å². The fourth-order valence-electron chi connectivity index (χ4n) is 0.894. The van der Waals surface area contributed by atoms with Crippen LogP contribution in [0.25, 0.3) is 0 Å². The highest BCUT2D eigenvalue weighted by molar-refractivity contribution is 7.20. The maximum atomic E-state index is 9.50. The predicted octanol–water partition coefficient (Wildman–Crippen LogP) is 2.44. The van der Waals surface area contributed by atoms with Gasteiger partial charge in [0.2, 0.25) is 0 Å². The van der Waals surface area contributed by atoms with Crippen LogP contribution in [-0.2, 0) is 0 Å². The molecule has 0 radical (unpaired) electrons. The summed E-state index contributed by atoms with van der Waals surface area (Å²) in [5, 5.41) is 9.50. The summed E-state index contributed by atoms with van der Waals surface area (Å²) in [5.74, 6) is 0. The summed E-state index contributed by atoms with van der Waals surface area (Å²) in [5.41, 5.74) is 5.97. The van der Waals surface area contributed by atoms with Gasteiger partial charge in [-0.1, -0.05) is 23.2 Å². The van der Waals surface area contributed by atoms with Crippen LogP contribution in [0.15, 0.2) is 6.07 Å². The number of halogens is 2. The summed E-state index contributed by atoms with van der Waals surface area (Å²) in [6, 6.07) is 1.68. The molecular formula is C7H9Cl2NOS.